The molecule has 0 aliphatic heterocycles. The van der Waals surface area contributed by atoms with Gasteiger partial charge in [-0.05, 0) is 35.1 Å². The summed E-state index contributed by atoms with van der Waals surface area (Å²) in [7, 11) is -1.07. The maximum atomic E-state index is 6.16. The second-order valence-corrected chi connectivity index (χ2v) is 14.0. The molecule has 0 aliphatic rings. The first kappa shape index (κ1) is 19.0. The molecule has 2 rings (SSSR count). The van der Waals surface area contributed by atoms with Gasteiger partial charge in [0.15, 0.2) is 0 Å². The van der Waals surface area contributed by atoms with Crippen LogP contribution in [0.2, 0.25) is 30.8 Å². The molecule has 0 N–H and O–H groups in total. The Hall–Kier alpha value is -0.313. The van der Waals surface area contributed by atoms with Gasteiger partial charge >= 0.3 is 0 Å². The zero-order valence-electron chi connectivity index (χ0n) is 14.2. The molecule has 0 spiro atoms. The first-order valence-electron chi connectivity index (χ1n) is 7.87. The smallest absolute Gasteiger partial charge is 0.148 e. The van der Waals surface area contributed by atoms with Gasteiger partial charge < -0.3 is 14.0 Å². The molecule has 0 fully saturated rings. The Labute approximate surface area is 157 Å². The maximum Gasteiger partial charge on any atom is 0.148 e. The predicted molar refractivity (Wildman–Crippen MR) is 107 cm³/mol. The number of nitrogens with zero attached hydrogens (tertiary/aromatic N) is 2. The third-order valence-corrected chi connectivity index (χ3v) is 6.12. The lowest BCUT2D eigenvalue weighted by Crippen LogP contribution is -2.22. The van der Waals surface area contributed by atoms with E-state index in [0.717, 1.165) is 39.4 Å². The van der Waals surface area contributed by atoms with Crippen LogP contribution in [0.25, 0.3) is 11.0 Å². The van der Waals surface area contributed by atoms with E-state index in [-0.39, 0.29) is 0 Å². The van der Waals surface area contributed by atoms with E-state index >= 15 is 0 Å². The molecule has 128 valence electrons. The Morgan fingerprint density at radius 1 is 1.30 bits per heavy atom. The summed E-state index contributed by atoms with van der Waals surface area (Å²) >= 11 is 8.47. The summed E-state index contributed by atoms with van der Waals surface area (Å²) in [5, 5.41) is 1.46. The Morgan fingerprint density at radius 3 is 2.70 bits per heavy atom. The van der Waals surface area contributed by atoms with Crippen LogP contribution in [0.4, 0.5) is 0 Å². The molecule has 0 saturated heterocycles. The molecule has 0 bridgehead atoms. The molecule has 2 aromatic rings. The van der Waals surface area contributed by atoms with Crippen molar-refractivity contribution < 1.29 is 9.47 Å². The maximum absolute atomic E-state index is 6.16. The molecular weight excluding hydrogens is 443 g/mol. The lowest BCUT2D eigenvalue weighted by atomic mass is 10.3. The first-order chi connectivity index (χ1) is 10.8. The number of hydrogen-bond acceptors (Lipinski definition) is 3. The van der Waals surface area contributed by atoms with Gasteiger partial charge in [-0.2, -0.15) is 0 Å². The number of halogens is 2. The zero-order valence-corrected chi connectivity index (χ0v) is 18.1. The van der Waals surface area contributed by atoms with E-state index in [9.17, 15) is 0 Å². The third-order valence-electron chi connectivity index (χ3n) is 3.40. The molecule has 0 amide bonds. The number of ether oxygens (including phenoxy) is 2. The van der Waals surface area contributed by atoms with Gasteiger partial charge in [0.1, 0.15) is 23.3 Å². The van der Waals surface area contributed by atoms with Crippen LogP contribution in [0.15, 0.2) is 12.3 Å². The molecule has 2 heterocycles. The van der Waals surface area contributed by atoms with Gasteiger partial charge in [0.2, 0.25) is 0 Å². The highest BCUT2D eigenvalue weighted by Crippen LogP contribution is 2.33. The minimum Gasteiger partial charge on any atom is -0.493 e. The Morgan fingerprint density at radius 2 is 2.04 bits per heavy atom. The summed E-state index contributed by atoms with van der Waals surface area (Å²) in [4.78, 5) is 4.46. The zero-order chi connectivity index (χ0) is 17.0. The van der Waals surface area contributed by atoms with Crippen LogP contribution >= 0.6 is 34.2 Å². The van der Waals surface area contributed by atoms with Crippen molar-refractivity contribution in [2.24, 2.45) is 0 Å². The number of hydrogen-bond donors (Lipinski definition) is 0. The highest BCUT2D eigenvalue weighted by molar-refractivity contribution is 14.1. The van der Waals surface area contributed by atoms with Crippen LogP contribution in [0.3, 0.4) is 0 Å². The summed E-state index contributed by atoms with van der Waals surface area (Å²) in [5.41, 5.74) is 0.820. The monoisotopic (exact) mass is 466 g/mol. The van der Waals surface area contributed by atoms with Crippen LogP contribution in [-0.4, -0.2) is 30.8 Å². The topological polar surface area (TPSA) is 36.3 Å². The molecule has 0 aliphatic carbocycles. The lowest BCUT2D eigenvalue weighted by molar-refractivity contribution is 0.0898. The van der Waals surface area contributed by atoms with E-state index in [4.69, 9.17) is 21.1 Å². The van der Waals surface area contributed by atoms with Crippen molar-refractivity contribution in [1.82, 2.24) is 9.55 Å². The molecule has 23 heavy (non-hydrogen) atoms. The SMILES string of the molecule is CCCOc1cc(Cl)nc2c1c(I)cn2COCC[Si](C)(C)C. The fourth-order valence-electron chi connectivity index (χ4n) is 2.14. The van der Waals surface area contributed by atoms with Crippen molar-refractivity contribution in [1.29, 1.82) is 0 Å². The van der Waals surface area contributed by atoms with E-state index in [1.54, 1.807) is 6.07 Å². The van der Waals surface area contributed by atoms with Gasteiger partial charge in [-0.1, -0.05) is 38.2 Å². The fraction of sp³-hybridized carbons (Fsp3) is 0.562. The quantitative estimate of drug-likeness (QED) is 0.226. The highest BCUT2D eigenvalue weighted by Gasteiger charge is 2.16. The number of rotatable bonds is 8. The molecule has 7 heteroatoms. The average Bonchev–Trinajstić information content (AvgIpc) is 2.76. The van der Waals surface area contributed by atoms with E-state index in [0.29, 0.717) is 18.5 Å². The summed E-state index contributed by atoms with van der Waals surface area (Å²) in [6.07, 6.45) is 3.00. The van der Waals surface area contributed by atoms with Crippen molar-refractivity contribution in [2.45, 2.75) is 45.8 Å². The summed E-state index contributed by atoms with van der Waals surface area (Å²) < 4.78 is 14.8. The molecule has 0 atom stereocenters. The molecule has 2 aromatic heterocycles. The minimum absolute atomic E-state index is 0.446. The van der Waals surface area contributed by atoms with Gasteiger partial charge in [-0.25, -0.2) is 4.98 Å². The molecular formula is C16H24ClIN2O2Si. The van der Waals surface area contributed by atoms with Crippen LogP contribution in [0.1, 0.15) is 13.3 Å². The van der Waals surface area contributed by atoms with Gasteiger partial charge in [0, 0.05) is 30.5 Å². The molecule has 0 unspecified atom stereocenters. The first-order valence-corrected chi connectivity index (χ1v) is 13.0. The summed E-state index contributed by atoms with van der Waals surface area (Å²) in [5.74, 6) is 0.798. The van der Waals surface area contributed by atoms with E-state index in [1.807, 2.05) is 10.8 Å². The van der Waals surface area contributed by atoms with E-state index in [1.165, 1.54) is 0 Å². The Bertz CT molecular complexity index is 670. The average molecular weight is 467 g/mol. The van der Waals surface area contributed by atoms with E-state index < -0.39 is 8.07 Å². The minimum atomic E-state index is -1.07. The van der Waals surface area contributed by atoms with E-state index in [2.05, 4.69) is 54.1 Å². The second kappa shape index (κ2) is 8.18. The lowest BCUT2D eigenvalue weighted by Gasteiger charge is -2.15. The third kappa shape index (κ3) is 5.34. The van der Waals surface area contributed by atoms with Crippen molar-refractivity contribution in [3.05, 3.63) is 21.0 Å². The Balaban J connectivity index is 2.19. The normalized spacial score (nSPS) is 12.1. The Kier molecular flexibility index (Phi) is 6.76. The van der Waals surface area contributed by atoms with Gasteiger partial charge in [-0.3, -0.25) is 0 Å². The molecule has 0 saturated carbocycles. The van der Waals surface area contributed by atoms with Crippen LogP contribution < -0.4 is 4.74 Å². The molecule has 0 aromatic carbocycles. The highest BCUT2D eigenvalue weighted by atomic mass is 127. The molecule has 0 radical (unpaired) electrons. The molecule has 4 nitrogen and oxygen atoms in total. The van der Waals surface area contributed by atoms with Crippen molar-refractivity contribution >= 4 is 53.3 Å². The predicted octanol–water partition coefficient (Wildman–Crippen LogP) is 5.40. The van der Waals surface area contributed by atoms with Crippen molar-refractivity contribution in [3.8, 4) is 5.75 Å². The van der Waals surface area contributed by atoms with Gasteiger partial charge in [0.05, 0.1) is 12.0 Å². The number of pyridine rings is 1. The second-order valence-electron chi connectivity index (χ2n) is 6.79. The number of fused-ring (bicyclic) bond motifs is 1. The standard InChI is InChI=1S/C16H24ClIN2O2Si/c1-5-6-22-13-9-14(17)19-16-15(13)12(18)10-20(16)11-21-7-8-23(2,3)4/h9-10H,5-8,11H2,1-4H3. The fourth-order valence-corrected chi connectivity index (χ4v) is 3.92. The summed E-state index contributed by atoms with van der Waals surface area (Å²) in [6.45, 7) is 11.1. The number of aromatic nitrogens is 2. The van der Waals surface area contributed by atoms with Crippen LogP contribution in [0.5, 0.6) is 5.75 Å². The van der Waals surface area contributed by atoms with Crippen LogP contribution in [0, 0.1) is 3.57 Å². The van der Waals surface area contributed by atoms with Gasteiger partial charge in [-0.15, -0.1) is 0 Å². The largest absolute Gasteiger partial charge is 0.493 e. The van der Waals surface area contributed by atoms with Gasteiger partial charge in [0.25, 0.3) is 0 Å². The summed E-state index contributed by atoms with van der Waals surface area (Å²) in [6, 6.07) is 2.94. The van der Waals surface area contributed by atoms with Crippen LogP contribution in [-0.2, 0) is 11.5 Å². The van der Waals surface area contributed by atoms with Crippen molar-refractivity contribution in [3.63, 3.8) is 0 Å². The van der Waals surface area contributed by atoms with Crippen molar-refractivity contribution in [2.75, 3.05) is 13.2 Å².